The maximum atomic E-state index is 12.6. The number of halogens is 1. The number of hydrogen-bond donors (Lipinski definition) is 1. The molecule has 0 saturated heterocycles. The van der Waals surface area contributed by atoms with Gasteiger partial charge < -0.3 is 9.52 Å². The molecule has 0 amide bonds. The third-order valence-electron chi connectivity index (χ3n) is 1.67. The zero-order valence-electron chi connectivity index (χ0n) is 6.57. The van der Waals surface area contributed by atoms with Crippen molar-refractivity contribution in [1.82, 2.24) is 4.98 Å². The van der Waals surface area contributed by atoms with Crippen molar-refractivity contribution in [1.29, 1.82) is 0 Å². The summed E-state index contributed by atoms with van der Waals surface area (Å²) in [6.07, 6.45) is 2.70. The minimum atomic E-state index is -0.646. The van der Waals surface area contributed by atoms with Crippen LogP contribution in [0.4, 0.5) is 4.39 Å². The van der Waals surface area contributed by atoms with Crippen LogP contribution in [0.5, 0.6) is 5.75 Å². The van der Waals surface area contributed by atoms with Gasteiger partial charge in [-0.05, 0) is 18.2 Å². The Morgan fingerprint density at radius 3 is 2.85 bits per heavy atom. The van der Waals surface area contributed by atoms with Gasteiger partial charge in [-0.2, -0.15) is 0 Å². The van der Waals surface area contributed by atoms with Crippen molar-refractivity contribution in [3.63, 3.8) is 0 Å². The molecule has 0 radical (unpaired) electrons. The number of phenols is 1. The fourth-order valence-electron chi connectivity index (χ4n) is 1.03. The van der Waals surface area contributed by atoms with E-state index in [0.717, 1.165) is 0 Å². The molecule has 0 bridgehead atoms. The maximum absolute atomic E-state index is 12.6. The van der Waals surface area contributed by atoms with Gasteiger partial charge >= 0.3 is 0 Å². The topological polar surface area (TPSA) is 46.3 Å². The van der Waals surface area contributed by atoms with E-state index >= 15 is 0 Å². The van der Waals surface area contributed by atoms with E-state index in [4.69, 9.17) is 9.52 Å². The average Bonchev–Trinajstić information content (AvgIpc) is 2.62. The highest BCUT2D eigenvalue weighted by molar-refractivity contribution is 5.59. The molecule has 0 spiro atoms. The quantitative estimate of drug-likeness (QED) is 0.729. The van der Waals surface area contributed by atoms with E-state index < -0.39 is 5.82 Å². The third kappa shape index (κ3) is 1.38. The summed E-state index contributed by atoms with van der Waals surface area (Å²) >= 11 is 0. The molecule has 1 heterocycles. The third-order valence-corrected chi connectivity index (χ3v) is 1.67. The van der Waals surface area contributed by atoms with Crippen LogP contribution in [0.1, 0.15) is 0 Å². The molecule has 0 saturated carbocycles. The summed E-state index contributed by atoms with van der Waals surface area (Å²) in [7, 11) is 0. The van der Waals surface area contributed by atoms with Crippen molar-refractivity contribution < 1.29 is 13.9 Å². The van der Waals surface area contributed by atoms with E-state index in [1.807, 2.05) is 0 Å². The first-order chi connectivity index (χ1) is 6.27. The highest BCUT2D eigenvalue weighted by Gasteiger charge is 2.04. The van der Waals surface area contributed by atoms with Gasteiger partial charge in [-0.3, -0.25) is 0 Å². The number of aromatic nitrogens is 1. The lowest BCUT2D eigenvalue weighted by Gasteiger charge is -1.97. The largest absolute Gasteiger partial charge is 0.505 e. The molecule has 0 unspecified atom stereocenters. The fraction of sp³-hybridized carbons (Fsp3) is 0. The highest BCUT2D eigenvalue weighted by atomic mass is 19.1. The molecular weight excluding hydrogens is 173 g/mol. The Morgan fingerprint density at radius 1 is 1.38 bits per heavy atom. The number of nitrogens with zero attached hydrogens (tertiary/aromatic N) is 1. The smallest absolute Gasteiger partial charge is 0.181 e. The lowest BCUT2D eigenvalue weighted by molar-refractivity contribution is 0.432. The van der Waals surface area contributed by atoms with Crippen molar-refractivity contribution in [3.05, 3.63) is 36.7 Å². The molecule has 0 fully saturated rings. The van der Waals surface area contributed by atoms with Gasteiger partial charge in [0.05, 0.1) is 0 Å². The van der Waals surface area contributed by atoms with Gasteiger partial charge in [0.2, 0.25) is 0 Å². The zero-order valence-corrected chi connectivity index (χ0v) is 6.57. The fourth-order valence-corrected chi connectivity index (χ4v) is 1.03. The van der Waals surface area contributed by atoms with E-state index in [0.29, 0.717) is 11.3 Å². The summed E-state index contributed by atoms with van der Waals surface area (Å²) in [6, 6.07) is 4.00. The molecule has 4 heteroatoms. The highest BCUT2D eigenvalue weighted by Crippen LogP contribution is 2.23. The molecular formula is C9H6FNO2. The number of oxazole rings is 1. The van der Waals surface area contributed by atoms with Crippen LogP contribution in [-0.4, -0.2) is 10.1 Å². The van der Waals surface area contributed by atoms with Crippen LogP contribution in [0.3, 0.4) is 0 Å². The Kier molecular flexibility index (Phi) is 1.73. The van der Waals surface area contributed by atoms with Crippen LogP contribution in [0.2, 0.25) is 0 Å². The second-order valence-corrected chi connectivity index (χ2v) is 2.54. The molecule has 2 aromatic rings. The molecule has 66 valence electrons. The molecule has 0 aliphatic heterocycles. The van der Waals surface area contributed by atoms with Crippen molar-refractivity contribution in [3.8, 4) is 17.0 Å². The predicted octanol–water partition coefficient (Wildman–Crippen LogP) is 2.19. The molecule has 1 aromatic heterocycles. The van der Waals surface area contributed by atoms with E-state index in [9.17, 15) is 4.39 Å². The van der Waals surface area contributed by atoms with Crippen LogP contribution in [0.25, 0.3) is 11.3 Å². The van der Waals surface area contributed by atoms with Gasteiger partial charge in [-0.15, -0.1) is 0 Å². The number of hydrogen-bond acceptors (Lipinski definition) is 3. The number of benzene rings is 1. The lowest BCUT2D eigenvalue weighted by atomic mass is 10.1. The summed E-state index contributed by atoms with van der Waals surface area (Å²) in [5.41, 5.74) is 1.18. The number of rotatable bonds is 1. The van der Waals surface area contributed by atoms with Gasteiger partial charge in [-0.1, -0.05) is 0 Å². The summed E-state index contributed by atoms with van der Waals surface area (Å²) in [5.74, 6) is -1.03. The Morgan fingerprint density at radius 2 is 2.23 bits per heavy atom. The maximum Gasteiger partial charge on any atom is 0.181 e. The molecule has 2 rings (SSSR count). The van der Waals surface area contributed by atoms with Crippen LogP contribution in [0, 0.1) is 5.82 Å². The second-order valence-electron chi connectivity index (χ2n) is 2.54. The van der Waals surface area contributed by atoms with E-state index in [1.54, 1.807) is 0 Å². The molecule has 0 atom stereocenters. The zero-order chi connectivity index (χ0) is 9.26. The molecule has 1 aromatic carbocycles. The van der Waals surface area contributed by atoms with E-state index in [1.165, 1.54) is 30.9 Å². The predicted molar refractivity (Wildman–Crippen MR) is 43.6 cm³/mol. The summed E-state index contributed by atoms with van der Waals surface area (Å²) < 4.78 is 17.4. The first kappa shape index (κ1) is 7.79. The average molecular weight is 179 g/mol. The van der Waals surface area contributed by atoms with Crippen LogP contribution >= 0.6 is 0 Å². The van der Waals surface area contributed by atoms with Gasteiger partial charge in [0.25, 0.3) is 0 Å². The minimum Gasteiger partial charge on any atom is -0.505 e. The summed E-state index contributed by atoms with van der Waals surface area (Å²) in [6.45, 7) is 0. The Bertz CT molecular complexity index is 412. The summed E-state index contributed by atoms with van der Waals surface area (Å²) in [4.78, 5) is 3.86. The molecule has 13 heavy (non-hydrogen) atoms. The Labute approximate surface area is 73.5 Å². The molecule has 0 aliphatic rings. The Hall–Kier alpha value is -1.84. The standard InChI is InChI=1S/C9H6FNO2/c10-7-2-1-6(3-9(7)12)8-4-13-5-11-8/h1-5,12H. The van der Waals surface area contributed by atoms with Gasteiger partial charge in [0.1, 0.15) is 12.0 Å². The van der Waals surface area contributed by atoms with Gasteiger partial charge in [0.15, 0.2) is 18.0 Å². The van der Waals surface area contributed by atoms with Crippen molar-refractivity contribution >= 4 is 0 Å². The first-order valence-corrected chi connectivity index (χ1v) is 3.64. The summed E-state index contributed by atoms with van der Waals surface area (Å²) in [5, 5.41) is 9.07. The number of aromatic hydroxyl groups is 1. The van der Waals surface area contributed by atoms with Crippen molar-refractivity contribution in [2.75, 3.05) is 0 Å². The normalized spacial score (nSPS) is 10.2. The second kappa shape index (κ2) is 2.90. The van der Waals surface area contributed by atoms with Crippen molar-refractivity contribution in [2.45, 2.75) is 0 Å². The molecule has 0 aliphatic carbocycles. The SMILES string of the molecule is Oc1cc(-c2cocn2)ccc1F. The van der Waals surface area contributed by atoms with Crippen molar-refractivity contribution in [2.24, 2.45) is 0 Å². The lowest BCUT2D eigenvalue weighted by Crippen LogP contribution is -1.79. The van der Waals surface area contributed by atoms with E-state index in [-0.39, 0.29) is 5.75 Å². The van der Waals surface area contributed by atoms with Gasteiger partial charge in [0, 0.05) is 5.56 Å². The van der Waals surface area contributed by atoms with Crippen LogP contribution < -0.4 is 0 Å². The Balaban J connectivity index is 2.49. The monoisotopic (exact) mass is 179 g/mol. The minimum absolute atomic E-state index is 0.388. The number of phenolic OH excluding ortho intramolecular Hbond substituents is 1. The van der Waals surface area contributed by atoms with Gasteiger partial charge in [-0.25, -0.2) is 9.37 Å². The van der Waals surface area contributed by atoms with Crippen LogP contribution in [0.15, 0.2) is 35.3 Å². The molecule has 3 nitrogen and oxygen atoms in total. The molecule has 1 N–H and O–H groups in total. The van der Waals surface area contributed by atoms with E-state index in [2.05, 4.69) is 4.98 Å². The first-order valence-electron chi connectivity index (χ1n) is 3.64. The van der Waals surface area contributed by atoms with Crippen LogP contribution in [-0.2, 0) is 0 Å².